The average Bonchev–Trinajstić information content (AvgIpc) is 2.73. The molecule has 2 atom stereocenters. The number of piperidine rings is 1. The van der Waals surface area contributed by atoms with E-state index in [1.165, 1.54) is 0 Å². The van der Waals surface area contributed by atoms with Crippen molar-refractivity contribution in [3.05, 3.63) is 30.4 Å². The molecule has 1 saturated heterocycles. The van der Waals surface area contributed by atoms with E-state index in [1.807, 2.05) is 4.90 Å². The Morgan fingerprint density at radius 3 is 2.64 bits per heavy atom. The van der Waals surface area contributed by atoms with E-state index in [9.17, 15) is 13.2 Å². The number of anilines is 1. The summed E-state index contributed by atoms with van der Waals surface area (Å²) < 4.78 is 33.3. The predicted molar refractivity (Wildman–Crippen MR) is 107 cm³/mol. The van der Waals surface area contributed by atoms with Gasteiger partial charge < -0.3 is 15.0 Å². The first kappa shape index (κ1) is 19.3. The number of fused-ring (bicyclic) bond motifs is 1. The zero-order valence-electron chi connectivity index (χ0n) is 16.1. The van der Waals surface area contributed by atoms with Crippen LogP contribution in [0.1, 0.15) is 32.1 Å². The molecule has 2 N–H and O–H groups in total. The van der Waals surface area contributed by atoms with Gasteiger partial charge in [-0.05, 0) is 50.2 Å². The number of allylic oxidation sites excluding steroid dienone is 2. The number of nitrogens with zero attached hydrogens (tertiary/aromatic N) is 1. The fourth-order valence-electron chi connectivity index (χ4n) is 4.35. The van der Waals surface area contributed by atoms with Gasteiger partial charge in [0.05, 0.1) is 19.0 Å². The Labute approximate surface area is 166 Å². The number of rotatable bonds is 3. The number of hydrogen-bond acceptors (Lipinski definition) is 5. The van der Waals surface area contributed by atoms with Crippen LogP contribution in [0.2, 0.25) is 0 Å². The van der Waals surface area contributed by atoms with E-state index < -0.39 is 10.0 Å². The summed E-state index contributed by atoms with van der Waals surface area (Å²) in [5, 5.41) is 3.32. The number of carbonyl (C=O) groups excluding carboxylic acids is 1. The van der Waals surface area contributed by atoms with Crippen LogP contribution in [0.5, 0.6) is 5.75 Å². The van der Waals surface area contributed by atoms with Crippen LogP contribution < -0.4 is 14.8 Å². The van der Waals surface area contributed by atoms with Gasteiger partial charge in [-0.25, -0.2) is 8.42 Å². The summed E-state index contributed by atoms with van der Waals surface area (Å²) in [6, 6.07) is 4.92. The minimum absolute atomic E-state index is 0.104. The summed E-state index contributed by atoms with van der Waals surface area (Å²) in [5.41, 5.74) is 0.565. The highest BCUT2D eigenvalue weighted by atomic mass is 32.2. The number of nitrogens with one attached hydrogen (secondary N) is 2. The van der Waals surface area contributed by atoms with Crippen LogP contribution in [0.3, 0.4) is 0 Å². The molecule has 7 nitrogen and oxygen atoms in total. The lowest BCUT2D eigenvalue weighted by Gasteiger charge is -2.39. The van der Waals surface area contributed by atoms with Crippen molar-refractivity contribution < 1.29 is 17.9 Å². The number of methoxy groups -OCH3 is 1. The minimum atomic E-state index is -3.57. The molecule has 1 aromatic rings. The molecule has 152 valence electrons. The Morgan fingerprint density at radius 1 is 1.18 bits per heavy atom. The third-order valence-corrected chi connectivity index (χ3v) is 7.51. The van der Waals surface area contributed by atoms with Gasteiger partial charge in [0.15, 0.2) is 0 Å². The minimum Gasteiger partial charge on any atom is -0.497 e. The monoisotopic (exact) mass is 405 g/mol. The van der Waals surface area contributed by atoms with Gasteiger partial charge in [-0.3, -0.25) is 4.79 Å². The highest BCUT2D eigenvalue weighted by Crippen LogP contribution is 2.34. The first-order chi connectivity index (χ1) is 13.5. The Bertz CT molecular complexity index is 875. The van der Waals surface area contributed by atoms with E-state index >= 15 is 0 Å². The maximum atomic E-state index is 12.7. The molecule has 0 bridgehead atoms. The summed E-state index contributed by atoms with van der Waals surface area (Å²) in [6.07, 6.45) is 8.15. The normalized spacial score (nSPS) is 27.0. The Balaban J connectivity index is 1.42. The van der Waals surface area contributed by atoms with Crippen molar-refractivity contribution in [2.45, 2.75) is 43.2 Å². The molecule has 1 fully saturated rings. The molecule has 0 radical (unpaired) electrons. The summed E-state index contributed by atoms with van der Waals surface area (Å²) in [6.45, 7) is 1.35. The molecule has 2 aliphatic heterocycles. The summed E-state index contributed by atoms with van der Waals surface area (Å²) in [7, 11) is -2.01. The van der Waals surface area contributed by atoms with Gasteiger partial charge in [-0.1, -0.05) is 12.2 Å². The largest absolute Gasteiger partial charge is 0.497 e. The molecule has 0 aromatic heterocycles. The maximum Gasteiger partial charge on any atom is 0.244 e. The van der Waals surface area contributed by atoms with Gasteiger partial charge in [-0.2, -0.15) is 4.72 Å². The topological polar surface area (TPSA) is 87.7 Å². The van der Waals surface area contributed by atoms with Crippen molar-refractivity contribution in [3.8, 4) is 5.75 Å². The molecule has 4 rings (SSSR count). The number of hydrogen-bond donors (Lipinski definition) is 2. The van der Waals surface area contributed by atoms with E-state index in [1.54, 1.807) is 25.3 Å². The molecule has 28 heavy (non-hydrogen) atoms. The lowest BCUT2D eigenvalue weighted by molar-refractivity contribution is -0.137. The molecule has 1 amide bonds. The van der Waals surface area contributed by atoms with Crippen molar-refractivity contribution in [2.75, 3.05) is 25.5 Å². The van der Waals surface area contributed by atoms with Crippen LogP contribution in [0.25, 0.3) is 0 Å². The van der Waals surface area contributed by atoms with Crippen LogP contribution in [-0.2, 0) is 14.8 Å². The van der Waals surface area contributed by atoms with E-state index in [-0.39, 0.29) is 28.8 Å². The highest BCUT2D eigenvalue weighted by molar-refractivity contribution is 7.89. The van der Waals surface area contributed by atoms with Crippen LogP contribution in [0, 0.1) is 11.8 Å². The first-order valence-electron chi connectivity index (χ1n) is 9.88. The number of likely N-dealkylation sites (tertiary alicyclic amines) is 1. The average molecular weight is 406 g/mol. The number of ether oxygens (including phenoxy) is 1. The Kier molecular flexibility index (Phi) is 5.33. The number of carbonyl (C=O) groups is 1. The van der Waals surface area contributed by atoms with Crippen LogP contribution in [0.15, 0.2) is 35.2 Å². The van der Waals surface area contributed by atoms with Crippen molar-refractivity contribution in [1.82, 2.24) is 9.62 Å². The molecule has 1 aromatic carbocycles. The van der Waals surface area contributed by atoms with Crippen LogP contribution in [-0.4, -0.2) is 45.6 Å². The van der Waals surface area contributed by atoms with Crippen molar-refractivity contribution in [2.24, 2.45) is 11.8 Å². The van der Waals surface area contributed by atoms with Crippen molar-refractivity contribution >= 4 is 21.6 Å². The first-order valence-corrected chi connectivity index (χ1v) is 11.4. The molecule has 2 heterocycles. The third-order valence-electron chi connectivity index (χ3n) is 6.01. The number of amides is 1. The zero-order chi connectivity index (χ0) is 19.7. The maximum absolute atomic E-state index is 12.7. The third kappa shape index (κ3) is 3.75. The van der Waals surface area contributed by atoms with E-state index in [0.29, 0.717) is 24.5 Å². The van der Waals surface area contributed by atoms with Gasteiger partial charge in [-0.15, -0.1) is 0 Å². The summed E-state index contributed by atoms with van der Waals surface area (Å²) in [4.78, 5) is 14.9. The molecule has 0 saturated carbocycles. The number of benzene rings is 1. The van der Waals surface area contributed by atoms with Gasteiger partial charge in [0.2, 0.25) is 15.9 Å². The Morgan fingerprint density at radius 2 is 1.96 bits per heavy atom. The fourth-order valence-corrected chi connectivity index (χ4v) is 5.72. The lowest BCUT2D eigenvalue weighted by Crippen LogP contribution is -2.52. The van der Waals surface area contributed by atoms with Crippen molar-refractivity contribution in [3.63, 3.8) is 0 Å². The van der Waals surface area contributed by atoms with Gasteiger partial charge in [0.1, 0.15) is 10.6 Å². The quantitative estimate of drug-likeness (QED) is 0.754. The van der Waals surface area contributed by atoms with E-state index in [4.69, 9.17) is 4.74 Å². The summed E-state index contributed by atoms with van der Waals surface area (Å²) in [5.74, 6) is 1.09. The molecule has 1 aliphatic carbocycles. The smallest absolute Gasteiger partial charge is 0.244 e. The van der Waals surface area contributed by atoms with Gasteiger partial charge in [0, 0.05) is 25.1 Å². The summed E-state index contributed by atoms with van der Waals surface area (Å²) >= 11 is 0. The SMILES string of the molecule is COc1ccc2c(c1)N[C@H](C1CCN(C(=O)[C@H]3CC=CCC3)CC1)NS2(=O)=O. The second-order valence-electron chi connectivity index (χ2n) is 7.75. The molecule has 3 aliphatic rings. The molecular formula is C20H27N3O4S. The second-order valence-corrected chi connectivity index (χ2v) is 9.43. The lowest BCUT2D eigenvalue weighted by atomic mass is 9.90. The molecule has 0 spiro atoms. The zero-order valence-corrected chi connectivity index (χ0v) is 16.9. The van der Waals surface area contributed by atoms with E-state index in [2.05, 4.69) is 22.2 Å². The second kappa shape index (κ2) is 7.75. The standard InChI is InChI=1S/C20H27N3O4S/c1-27-16-7-8-18-17(13-16)21-19(22-28(18,25)26)14-9-11-23(12-10-14)20(24)15-5-3-2-4-6-15/h2-3,7-8,13-15,19,21-22H,4-6,9-12H2,1H3/t15-,19-/m0/s1. The van der Waals surface area contributed by atoms with Gasteiger partial charge in [0.25, 0.3) is 0 Å². The van der Waals surface area contributed by atoms with Crippen LogP contribution >= 0.6 is 0 Å². The van der Waals surface area contributed by atoms with Crippen LogP contribution in [0.4, 0.5) is 5.69 Å². The fraction of sp³-hybridized carbons (Fsp3) is 0.550. The molecule has 0 unspecified atom stereocenters. The van der Waals surface area contributed by atoms with Crippen molar-refractivity contribution in [1.29, 1.82) is 0 Å². The number of sulfonamides is 1. The predicted octanol–water partition coefficient (Wildman–Crippen LogP) is 2.32. The van der Waals surface area contributed by atoms with E-state index in [0.717, 1.165) is 32.1 Å². The molecular weight excluding hydrogens is 378 g/mol. The molecule has 8 heteroatoms. The van der Waals surface area contributed by atoms with Gasteiger partial charge >= 0.3 is 0 Å². The highest BCUT2D eigenvalue weighted by Gasteiger charge is 2.37. The Hall–Kier alpha value is -2.06.